The topological polar surface area (TPSA) is 29.3 Å². The first-order valence-electron chi connectivity index (χ1n) is 6.49. The van der Waals surface area contributed by atoms with Crippen LogP contribution in [0.25, 0.3) is 0 Å². The SMILES string of the molecule is NCC(c1ccc(Cl)s1)N(CC1CC1)C1CC1. The highest BCUT2D eigenvalue weighted by Gasteiger charge is 2.37. The van der Waals surface area contributed by atoms with Crippen molar-refractivity contribution in [3.05, 3.63) is 21.3 Å². The van der Waals surface area contributed by atoms with Gasteiger partial charge in [0.25, 0.3) is 0 Å². The van der Waals surface area contributed by atoms with E-state index in [1.165, 1.54) is 37.1 Å². The molecule has 2 saturated carbocycles. The van der Waals surface area contributed by atoms with Crippen LogP contribution in [0.5, 0.6) is 0 Å². The fourth-order valence-corrected chi connectivity index (χ4v) is 3.65. The summed E-state index contributed by atoms with van der Waals surface area (Å²) in [6, 6.07) is 5.31. The van der Waals surface area contributed by atoms with Gasteiger partial charge in [0.05, 0.1) is 10.4 Å². The number of hydrogen-bond acceptors (Lipinski definition) is 3. The molecule has 0 spiro atoms. The monoisotopic (exact) mass is 270 g/mol. The van der Waals surface area contributed by atoms with Gasteiger partial charge in [-0.05, 0) is 43.7 Å². The third-order valence-electron chi connectivity index (χ3n) is 3.73. The Kier molecular flexibility index (Phi) is 3.44. The van der Waals surface area contributed by atoms with Crippen LogP contribution in [-0.2, 0) is 0 Å². The van der Waals surface area contributed by atoms with Crippen LogP contribution in [0.1, 0.15) is 36.6 Å². The van der Waals surface area contributed by atoms with Gasteiger partial charge in [0, 0.05) is 24.0 Å². The predicted molar refractivity (Wildman–Crippen MR) is 73.6 cm³/mol. The molecule has 2 fully saturated rings. The van der Waals surface area contributed by atoms with Crippen molar-refractivity contribution in [2.24, 2.45) is 11.7 Å². The molecule has 3 rings (SSSR count). The van der Waals surface area contributed by atoms with Gasteiger partial charge >= 0.3 is 0 Å². The molecule has 4 heteroatoms. The van der Waals surface area contributed by atoms with E-state index in [4.69, 9.17) is 17.3 Å². The largest absolute Gasteiger partial charge is 0.329 e. The highest BCUT2D eigenvalue weighted by Crippen LogP contribution is 2.41. The van der Waals surface area contributed by atoms with Gasteiger partial charge < -0.3 is 5.73 Å². The van der Waals surface area contributed by atoms with Crippen LogP contribution in [0.2, 0.25) is 4.34 Å². The summed E-state index contributed by atoms with van der Waals surface area (Å²) in [5.41, 5.74) is 6.00. The van der Waals surface area contributed by atoms with Gasteiger partial charge in [0.15, 0.2) is 0 Å². The lowest BCUT2D eigenvalue weighted by atomic mass is 10.2. The molecule has 0 amide bonds. The van der Waals surface area contributed by atoms with Gasteiger partial charge in [-0.1, -0.05) is 11.6 Å². The average molecular weight is 271 g/mol. The van der Waals surface area contributed by atoms with E-state index in [9.17, 15) is 0 Å². The summed E-state index contributed by atoms with van der Waals surface area (Å²) in [5.74, 6) is 0.931. The van der Waals surface area contributed by atoms with E-state index in [0.717, 1.165) is 16.3 Å². The van der Waals surface area contributed by atoms with Crippen LogP contribution in [-0.4, -0.2) is 24.0 Å². The normalized spacial score (nSPS) is 22.1. The maximum absolute atomic E-state index is 6.04. The molecule has 0 aromatic carbocycles. The van der Waals surface area contributed by atoms with E-state index in [0.29, 0.717) is 12.6 Å². The van der Waals surface area contributed by atoms with Crippen LogP contribution >= 0.6 is 22.9 Å². The second-order valence-electron chi connectivity index (χ2n) is 5.26. The molecule has 1 aromatic rings. The van der Waals surface area contributed by atoms with Crippen molar-refractivity contribution in [2.45, 2.75) is 37.8 Å². The molecule has 94 valence electrons. The quantitative estimate of drug-likeness (QED) is 0.860. The number of hydrogen-bond donors (Lipinski definition) is 1. The molecule has 1 aromatic heterocycles. The molecule has 2 aliphatic rings. The van der Waals surface area contributed by atoms with Crippen LogP contribution in [0, 0.1) is 5.92 Å². The minimum atomic E-state index is 0.389. The lowest BCUT2D eigenvalue weighted by molar-refractivity contribution is 0.185. The van der Waals surface area contributed by atoms with Gasteiger partial charge in [-0.15, -0.1) is 11.3 Å². The van der Waals surface area contributed by atoms with Gasteiger partial charge in [0.1, 0.15) is 0 Å². The lowest BCUT2D eigenvalue weighted by Gasteiger charge is -2.30. The zero-order chi connectivity index (χ0) is 11.8. The Bertz CT molecular complexity index is 385. The maximum atomic E-state index is 6.04. The van der Waals surface area contributed by atoms with Crippen LogP contribution < -0.4 is 5.73 Å². The number of thiophene rings is 1. The van der Waals surface area contributed by atoms with Gasteiger partial charge in [-0.25, -0.2) is 0 Å². The Hall–Kier alpha value is -0.0900. The summed E-state index contributed by atoms with van der Waals surface area (Å²) in [5, 5.41) is 0. The van der Waals surface area contributed by atoms with E-state index in [1.807, 2.05) is 6.07 Å². The molecule has 0 bridgehead atoms. The molecule has 0 saturated heterocycles. The molecule has 1 unspecified atom stereocenters. The summed E-state index contributed by atoms with van der Waals surface area (Å²) in [6.07, 6.45) is 5.52. The Morgan fingerprint density at radius 3 is 2.59 bits per heavy atom. The van der Waals surface area contributed by atoms with Crippen molar-refractivity contribution in [2.75, 3.05) is 13.1 Å². The molecule has 0 radical (unpaired) electrons. The number of nitrogens with zero attached hydrogens (tertiary/aromatic N) is 1. The third-order valence-corrected chi connectivity index (χ3v) is 5.06. The standard InChI is InChI=1S/C13H19ClN2S/c14-13-6-5-12(17-13)11(7-15)16(10-3-4-10)8-9-1-2-9/h5-6,9-11H,1-4,7-8,15H2. The molecular weight excluding hydrogens is 252 g/mol. The molecule has 17 heavy (non-hydrogen) atoms. The first kappa shape index (κ1) is 12.0. The molecule has 2 aliphatic carbocycles. The molecule has 2 nitrogen and oxygen atoms in total. The number of nitrogens with two attached hydrogens (primary N) is 1. The number of halogens is 1. The van der Waals surface area contributed by atoms with E-state index in [2.05, 4.69) is 11.0 Å². The van der Waals surface area contributed by atoms with Gasteiger partial charge in [-0.3, -0.25) is 4.90 Å². The zero-order valence-corrected chi connectivity index (χ0v) is 11.5. The minimum absolute atomic E-state index is 0.389. The average Bonchev–Trinajstić information content (AvgIpc) is 3.20. The molecular formula is C13H19ClN2S. The van der Waals surface area contributed by atoms with E-state index >= 15 is 0 Å². The summed E-state index contributed by atoms with van der Waals surface area (Å²) in [7, 11) is 0. The number of rotatable bonds is 6. The van der Waals surface area contributed by atoms with Crippen LogP contribution in [0.15, 0.2) is 12.1 Å². The molecule has 1 atom stereocenters. The zero-order valence-electron chi connectivity index (χ0n) is 9.94. The minimum Gasteiger partial charge on any atom is -0.329 e. The van der Waals surface area contributed by atoms with Crippen molar-refractivity contribution in [3.8, 4) is 0 Å². The maximum Gasteiger partial charge on any atom is 0.0931 e. The van der Waals surface area contributed by atoms with E-state index in [-0.39, 0.29) is 0 Å². The van der Waals surface area contributed by atoms with Crippen molar-refractivity contribution in [1.82, 2.24) is 4.90 Å². The summed E-state index contributed by atoms with van der Waals surface area (Å²) in [4.78, 5) is 3.98. The first-order valence-corrected chi connectivity index (χ1v) is 7.68. The smallest absolute Gasteiger partial charge is 0.0931 e. The van der Waals surface area contributed by atoms with Crippen molar-refractivity contribution in [1.29, 1.82) is 0 Å². The fraction of sp³-hybridized carbons (Fsp3) is 0.692. The second-order valence-corrected chi connectivity index (χ2v) is 7.01. The van der Waals surface area contributed by atoms with Crippen LogP contribution in [0.3, 0.4) is 0 Å². The van der Waals surface area contributed by atoms with Gasteiger partial charge in [-0.2, -0.15) is 0 Å². The van der Waals surface area contributed by atoms with Crippen molar-refractivity contribution < 1.29 is 0 Å². The molecule has 0 aliphatic heterocycles. The second kappa shape index (κ2) is 4.88. The first-order chi connectivity index (χ1) is 8.28. The summed E-state index contributed by atoms with van der Waals surface area (Å²) in [6.45, 7) is 1.95. The van der Waals surface area contributed by atoms with E-state index < -0.39 is 0 Å². The van der Waals surface area contributed by atoms with Crippen LogP contribution in [0.4, 0.5) is 0 Å². The Labute approximate surface area is 112 Å². The fourth-order valence-electron chi connectivity index (χ4n) is 2.46. The van der Waals surface area contributed by atoms with Crippen molar-refractivity contribution >= 4 is 22.9 Å². The highest BCUT2D eigenvalue weighted by atomic mass is 35.5. The summed E-state index contributed by atoms with van der Waals surface area (Å²) >= 11 is 7.72. The predicted octanol–water partition coefficient (Wildman–Crippen LogP) is 3.28. The lowest BCUT2D eigenvalue weighted by Crippen LogP contribution is -2.36. The van der Waals surface area contributed by atoms with E-state index in [1.54, 1.807) is 11.3 Å². The van der Waals surface area contributed by atoms with Gasteiger partial charge in [0.2, 0.25) is 0 Å². The Morgan fingerprint density at radius 1 is 1.35 bits per heavy atom. The van der Waals surface area contributed by atoms with Crippen molar-refractivity contribution in [3.63, 3.8) is 0 Å². The summed E-state index contributed by atoms with van der Waals surface area (Å²) < 4.78 is 0.876. The molecule has 2 N–H and O–H groups in total. The highest BCUT2D eigenvalue weighted by molar-refractivity contribution is 7.16. The Balaban J connectivity index is 1.75. The Morgan fingerprint density at radius 2 is 2.12 bits per heavy atom. The third kappa shape index (κ3) is 2.84. The molecule has 1 heterocycles.